The predicted octanol–water partition coefficient (Wildman–Crippen LogP) is 1.96. The fourth-order valence-electron chi connectivity index (χ4n) is 2.53. The highest BCUT2D eigenvalue weighted by molar-refractivity contribution is 5.80. The van der Waals surface area contributed by atoms with Crippen LogP contribution >= 0.6 is 0 Å². The summed E-state index contributed by atoms with van der Waals surface area (Å²) in [6.07, 6.45) is 6.98. The van der Waals surface area contributed by atoms with Crippen LogP contribution in [0.3, 0.4) is 0 Å². The van der Waals surface area contributed by atoms with Crippen LogP contribution in [0.4, 0.5) is 0 Å². The Kier molecular flexibility index (Phi) is 7.28. The third-order valence-electron chi connectivity index (χ3n) is 3.61. The molecule has 18 heavy (non-hydrogen) atoms. The summed E-state index contributed by atoms with van der Waals surface area (Å²) in [5, 5.41) is 8.92. The number of nitrogens with zero attached hydrogens (tertiary/aromatic N) is 1. The highest BCUT2D eigenvalue weighted by atomic mass is 16.5. The zero-order chi connectivity index (χ0) is 13.4. The smallest absolute Gasteiger partial charge is 0.251 e. The molecule has 0 heterocycles. The molecule has 1 unspecified atom stereocenters. The number of ether oxygens (including phenoxy) is 1. The van der Waals surface area contributed by atoms with Crippen molar-refractivity contribution < 1.29 is 14.6 Å². The van der Waals surface area contributed by atoms with E-state index < -0.39 is 0 Å². The topological polar surface area (TPSA) is 49.8 Å². The summed E-state index contributed by atoms with van der Waals surface area (Å²) in [6, 6.07) is 0. The van der Waals surface area contributed by atoms with Crippen LogP contribution in [0, 0.1) is 0 Å². The fraction of sp³-hybridized carbons (Fsp3) is 0.929. The largest absolute Gasteiger partial charge is 0.395 e. The summed E-state index contributed by atoms with van der Waals surface area (Å²) in [6.45, 7) is 4.78. The van der Waals surface area contributed by atoms with Crippen LogP contribution in [0.5, 0.6) is 0 Å². The maximum absolute atomic E-state index is 12.1. The van der Waals surface area contributed by atoms with E-state index in [2.05, 4.69) is 0 Å². The second-order valence-corrected chi connectivity index (χ2v) is 5.03. The van der Waals surface area contributed by atoms with Gasteiger partial charge in [-0.05, 0) is 26.7 Å². The van der Waals surface area contributed by atoms with E-state index in [9.17, 15) is 4.79 Å². The van der Waals surface area contributed by atoms with Crippen molar-refractivity contribution in [1.29, 1.82) is 0 Å². The Balaban J connectivity index is 2.41. The number of aliphatic hydroxyl groups excluding tert-OH is 1. The van der Waals surface area contributed by atoms with Gasteiger partial charge in [0.15, 0.2) is 0 Å². The van der Waals surface area contributed by atoms with Gasteiger partial charge in [-0.25, -0.2) is 0 Å². The molecule has 0 aromatic rings. The first-order valence-electron chi connectivity index (χ1n) is 7.24. The molecule has 1 saturated carbocycles. The van der Waals surface area contributed by atoms with Gasteiger partial charge in [0.1, 0.15) is 6.10 Å². The number of aliphatic hydroxyl groups is 1. The molecular formula is C14H27NO3. The Bertz CT molecular complexity index is 237. The third-order valence-corrected chi connectivity index (χ3v) is 3.61. The van der Waals surface area contributed by atoms with Gasteiger partial charge < -0.3 is 14.7 Å². The monoisotopic (exact) mass is 257 g/mol. The molecule has 0 spiro atoms. The van der Waals surface area contributed by atoms with Crippen LogP contribution in [-0.2, 0) is 9.53 Å². The maximum Gasteiger partial charge on any atom is 0.251 e. The lowest BCUT2D eigenvalue weighted by molar-refractivity contribution is -0.147. The van der Waals surface area contributed by atoms with Crippen molar-refractivity contribution in [3.8, 4) is 0 Å². The van der Waals surface area contributed by atoms with E-state index in [1.807, 2.05) is 13.8 Å². The van der Waals surface area contributed by atoms with Gasteiger partial charge in [-0.15, -0.1) is 0 Å². The Morgan fingerprint density at radius 2 is 1.94 bits per heavy atom. The Morgan fingerprint density at radius 3 is 2.44 bits per heavy atom. The molecule has 0 bridgehead atoms. The molecule has 0 aliphatic heterocycles. The van der Waals surface area contributed by atoms with Crippen LogP contribution in [0.25, 0.3) is 0 Å². The zero-order valence-electron chi connectivity index (χ0n) is 11.7. The lowest BCUT2D eigenvalue weighted by Gasteiger charge is -2.26. The number of likely N-dealkylation sites (N-methyl/N-ethyl adjacent to an activating group) is 1. The van der Waals surface area contributed by atoms with Crippen LogP contribution in [0.1, 0.15) is 52.4 Å². The molecule has 1 rings (SSSR count). The van der Waals surface area contributed by atoms with E-state index in [1.165, 1.54) is 25.7 Å². The molecule has 1 atom stereocenters. The average Bonchev–Trinajstić information content (AvgIpc) is 2.63. The molecule has 1 fully saturated rings. The molecule has 1 aliphatic rings. The fourth-order valence-corrected chi connectivity index (χ4v) is 2.53. The summed E-state index contributed by atoms with van der Waals surface area (Å²) in [5.41, 5.74) is 0. The van der Waals surface area contributed by atoms with Crippen molar-refractivity contribution >= 4 is 5.91 Å². The molecule has 0 saturated heterocycles. The molecule has 4 heteroatoms. The lowest BCUT2D eigenvalue weighted by Crippen LogP contribution is -2.41. The summed E-state index contributed by atoms with van der Waals surface area (Å²) in [5.74, 6) is -0.00389. The Labute approximate surface area is 110 Å². The van der Waals surface area contributed by atoms with Crippen molar-refractivity contribution in [2.24, 2.45) is 0 Å². The molecule has 1 aliphatic carbocycles. The normalized spacial score (nSPS) is 19.3. The first-order valence-corrected chi connectivity index (χ1v) is 7.24. The molecule has 0 aromatic carbocycles. The second kappa shape index (κ2) is 8.48. The van der Waals surface area contributed by atoms with Gasteiger partial charge in [-0.3, -0.25) is 4.79 Å². The van der Waals surface area contributed by atoms with E-state index in [1.54, 1.807) is 4.90 Å². The molecule has 1 amide bonds. The van der Waals surface area contributed by atoms with E-state index in [-0.39, 0.29) is 24.7 Å². The van der Waals surface area contributed by atoms with Gasteiger partial charge in [0.05, 0.1) is 12.7 Å². The van der Waals surface area contributed by atoms with Crippen molar-refractivity contribution in [2.45, 2.75) is 64.6 Å². The predicted molar refractivity (Wildman–Crippen MR) is 71.4 cm³/mol. The van der Waals surface area contributed by atoms with Gasteiger partial charge in [-0.1, -0.05) is 25.7 Å². The number of rotatable bonds is 6. The number of hydrogen-bond acceptors (Lipinski definition) is 3. The average molecular weight is 257 g/mol. The van der Waals surface area contributed by atoms with Crippen molar-refractivity contribution in [2.75, 3.05) is 19.7 Å². The van der Waals surface area contributed by atoms with E-state index in [0.717, 1.165) is 12.8 Å². The van der Waals surface area contributed by atoms with E-state index in [0.29, 0.717) is 13.1 Å². The Hall–Kier alpha value is -0.610. The highest BCUT2D eigenvalue weighted by Gasteiger charge is 2.23. The highest BCUT2D eigenvalue weighted by Crippen LogP contribution is 2.21. The summed E-state index contributed by atoms with van der Waals surface area (Å²) in [4.78, 5) is 13.8. The standard InChI is InChI=1S/C14H27NO3/c1-3-15(10-11-16)14(17)12(2)18-13-8-6-4-5-7-9-13/h12-13,16H,3-11H2,1-2H3. The van der Waals surface area contributed by atoms with Crippen molar-refractivity contribution in [1.82, 2.24) is 4.90 Å². The van der Waals surface area contributed by atoms with Gasteiger partial charge in [0.2, 0.25) is 0 Å². The summed E-state index contributed by atoms with van der Waals surface area (Å²) in [7, 11) is 0. The molecule has 4 nitrogen and oxygen atoms in total. The van der Waals surface area contributed by atoms with Crippen LogP contribution in [-0.4, -0.2) is 47.8 Å². The summed E-state index contributed by atoms with van der Waals surface area (Å²) >= 11 is 0. The minimum absolute atomic E-state index is 0.00389. The molecule has 1 N–H and O–H groups in total. The third kappa shape index (κ3) is 4.94. The zero-order valence-corrected chi connectivity index (χ0v) is 11.7. The molecule has 106 valence electrons. The van der Waals surface area contributed by atoms with Crippen LogP contribution in [0.15, 0.2) is 0 Å². The van der Waals surface area contributed by atoms with E-state index >= 15 is 0 Å². The van der Waals surface area contributed by atoms with Gasteiger partial charge in [0.25, 0.3) is 5.91 Å². The second-order valence-electron chi connectivity index (χ2n) is 5.03. The minimum Gasteiger partial charge on any atom is -0.395 e. The minimum atomic E-state index is -0.389. The SMILES string of the molecule is CCN(CCO)C(=O)C(C)OC1CCCCCC1. The van der Waals surface area contributed by atoms with Crippen LogP contribution in [0.2, 0.25) is 0 Å². The van der Waals surface area contributed by atoms with Gasteiger partial charge >= 0.3 is 0 Å². The molecular weight excluding hydrogens is 230 g/mol. The Morgan fingerprint density at radius 1 is 1.33 bits per heavy atom. The van der Waals surface area contributed by atoms with E-state index in [4.69, 9.17) is 9.84 Å². The number of amides is 1. The molecule has 0 aromatic heterocycles. The number of carbonyl (C=O) groups is 1. The molecule has 0 radical (unpaired) electrons. The van der Waals surface area contributed by atoms with Gasteiger partial charge in [0, 0.05) is 13.1 Å². The maximum atomic E-state index is 12.1. The van der Waals surface area contributed by atoms with Crippen molar-refractivity contribution in [3.63, 3.8) is 0 Å². The van der Waals surface area contributed by atoms with Crippen molar-refractivity contribution in [3.05, 3.63) is 0 Å². The lowest BCUT2D eigenvalue weighted by atomic mass is 10.1. The van der Waals surface area contributed by atoms with Crippen LogP contribution < -0.4 is 0 Å². The number of hydrogen-bond donors (Lipinski definition) is 1. The first kappa shape index (κ1) is 15.4. The van der Waals surface area contributed by atoms with Gasteiger partial charge in [-0.2, -0.15) is 0 Å². The summed E-state index contributed by atoms with van der Waals surface area (Å²) < 4.78 is 5.89. The quantitative estimate of drug-likeness (QED) is 0.740. The first-order chi connectivity index (χ1) is 8.69. The number of carbonyl (C=O) groups excluding carboxylic acids is 1.